The van der Waals surface area contributed by atoms with E-state index in [1.807, 2.05) is 61.5 Å². The Bertz CT molecular complexity index is 846. The summed E-state index contributed by atoms with van der Waals surface area (Å²) in [6.07, 6.45) is 0. The first-order chi connectivity index (χ1) is 11.6. The summed E-state index contributed by atoms with van der Waals surface area (Å²) in [5.74, 6) is 2.27. The van der Waals surface area contributed by atoms with Crippen molar-refractivity contribution < 1.29 is 4.74 Å². The Balaban J connectivity index is 1.92. The SMILES string of the molecule is COc1ccc(CNc2nc(N(C)C)nc3ccc(N)cc23)cc1. The summed E-state index contributed by atoms with van der Waals surface area (Å²) in [7, 11) is 5.50. The van der Waals surface area contributed by atoms with Crippen LogP contribution in [-0.4, -0.2) is 31.2 Å². The number of nitrogens with one attached hydrogen (secondary N) is 1. The number of aromatic nitrogens is 2. The number of ether oxygens (including phenoxy) is 1. The molecule has 3 aromatic rings. The second-order valence-electron chi connectivity index (χ2n) is 5.74. The second kappa shape index (κ2) is 6.62. The summed E-state index contributed by atoms with van der Waals surface area (Å²) in [6.45, 7) is 0.651. The summed E-state index contributed by atoms with van der Waals surface area (Å²) in [4.78, 5) is 11.1. The molecule has 0 saturated carbocycles. The van der Waals surface area contributed by atoms with Gasteiger partial charge < -0.3 is 20.7 Å². The number of fused-ring (bicyclic) bond motifs is 1. The van der Waals surface area contributed by atoms with Crippen LogP contribution in [0.1, 0.15) is 5.56 Å². The highest BCUT2D eigenvalue weighted by Crippen LogP contribution is 2.25. The number of nitrogen functional groups attached to an aromatic ring is 1. The summed E-state index contributed by atoms with van der Waals surface area (Å²) in [5.41, 5.74) is 8.61. The van der Waals surface area contributed by atoms with E-state index < -0.39 is 0 Å². The van der Waals surface area contributed by atoms with Gasteiger partial charge >= 0.3 is 0 Å². The van der Waals surface area contributed by atoms with E-state index in [-0.39, 0.29) is 0 Å². The molecule has 3 rings (SSSR count). The first kappa shape index (κ1) is 15.9. The fraction of sp³-hybridized carbons (Fsp3) is 0.222. The molecule has 0 radical (unpaired) electrons. The first-order valence-corrected chi connectivity index (χ1v) is 7.68. The van der Waals surface area contributed by atoms with E-state index >= 15 is 0 Å². The van der Waals surface area contributed by atoms with E-state index in [1.54, 1.807) is 7.11 Å². The van der Waals surface area contributed by atoms with Gasteiger partial charge in [0.2, 0.25) is 5.95 Å². The van der Waals surface area contributed by atoms with Crippen LogP contribution < -0.4 is 20.7 Å². The lowest BCUT2D eigenvalue weighted by atomic mass is 10.2. The summed E-state index contributed by atoms with van der Waals surface area (Å²) >= 11 is 0. The molecule has 6 nitrogen and oxygen atoms in total. The standard InChI is InChI=1S/C18H21N5O/c1-23(2)18-21-16-9-6-13(19)10-15(16)17(22-18)20-11-12-4-7-14(24-3)8-5-12/h4-10H,11,19H2,1-3H3,(H,20,21,22). The maximum Gasteiger partial charge on any atom is 0.227 e. The molecule has 2 aromatic carbocycles. The topological polar surface area (TPSA) is 76.3 Å². The van der Waals surface area contributed by atoms with Crippen molar-refractivity contribution in [2.24, 2.45) is 0 Å². The van der Waals surface area contributed by atoms with Crippen molar-refractivity contribution in [3.05, 3.63) is 48.0 Å². The van der Waals surface area contributed by atoms with Crippen LogP contribution in [0.4, 0.5) is 17.5 Å². The molecule has 0 aliphatic carbocycles. The van der Waals surface area contributed by atoms with Gasteiger partial charge in [-0.05, 0) is 35.9 Å². The summed E-state index contributed by atoms with van der Waals surface area (Å²) < 4.78 is 5.18. The number of rotatable bonds is 5. The molecule has 3 N–H and O–H groups in total. The maximum absolute atomic E-state index is 5.92. The van der Waals surface area contributed by atoms with Crippen LogP contribution in [0.15, 0.2) is 42.5 Å². The van der Waals surface area contributed by atoms with Gasteiger partial charge in [0, 0.05) is 31.7 Å². The average molecular weight is 323 g/mol. The van der Waals surface area contributed by atoms with Gasteiger partial charge in [-0.2, -0.15) is 4.98 Å². The Morgan fingerprint density at radius 1 is 1.08 bits per heavy atom. The largest absolute Gasteiger partial charge is 0.497 e. The summed E-state index contributed by atoms with van der Waals surface area (Å²) in [5, 5.41) is 4.30. The van der Waals surface area contributed by atoms with Gasteiger partial charge in [-0.1, -0.05) is 12.1 Å². The number of anilines is 3. The van der Waals surface area contributed by atoms with E-state index in [1.165, 1.54) is 0 Å². The molecular weight excluding hydrogens is 302 g/mol. The highest BCUT2D eigenvalue weighted by Gasteiger charge is 2.09. The third-order valence-electron chi connectivity index (χ3n) is 3.73. The van der Waals surface area contributed by atoms with E-state index in [4.69, 9.17) is 10.5 Å². The molecule has 124 valence electrons. The fourth-order valence-corrected chi connectivity index (χ4v) is 2.40. The highest BCUT2D eigenvalue weighted by atomic mass is 16.5. The lowest BCUT2D eigenvalue weighted by molar-refractivity contribution is 0.414. The predicted octanol–water partition coefficient (Wildman–Crippen LogP) is 2.90. The van der Waals surface area contributed by atoms with Gasteiger partial charge in [0.15, 0.2) is 0 Å². The number of nitrogens with two attached hydrogens (primary N) is 1. The van der Waals surface area contributed by atoms with Crippen LogP contribution in [0.2, 0.25) is 0 Å². The smallest absolute Gasteiger partial charge is 0.227 e. The van der Waals surface area contributed by atoms with Gasteiger partial charge in [0.05, 0.1) is 12.6 Å². The highest BCUT2D eigenvalue weighted by molar-refractivity contribution is 5.92. The zero-order valence-electron chi connectivity index (χ0n) is 14.1. The fourth-order valence-electron chi connectivity index (χ4n) is 2.40. The minimum atomic E-state index is 0.651. The average Bonchev–Trinajstić information content (AvgIpc) is 2.60. The molecule has 0 aliphatic rings. The van der Waals surface area contributed by atoms with Crippen molar-refractivity contribution in [1.82, 2.24) is 9.97 Å². The second-order valence-corrected chi connectivity index (χ2v) is 5.74. The van der Waals surface area contributed by atoms with Gasteiger partial charge in [-0.15, -0.1) is 0 Å². The van der Waals surface area contributed by atoms with Gasteiger partial charge in [-0.25, -0.2) is 4.98 Å². The molecule has 0 bridgehead atoms. The van der Waals surface area contributed by atoms with Crippen LogP contribution in [0.5, 0.6) is 5.75 Å². The monoisotopic (exact) mass is 323 g/mol. The zero-order chi connectivity index (χ0) is 17.1. The lowest BCUT2D eigenvalue weighted by Crippen LogP contribution is -2.14. The Morgan fingerprint density at radius 2 is 1.83 bits per heavy atom. The number of methoxy groups -OCH3 is 1. The van der Waals surface area contributed by atoms with Gasteiger partial charge in [0.1, 0.15) is 11.6 Å². The van der Waals surface area contributed by atoms with Crippen LogP contribution in [0.25, 0.3) is 10.9 Å². The molecule has 6 heteroatoms. The van der Waals surface area contributed by atoms with E-state index in [2.05, 4.69) is 15.3 Å². The molecule has 0 saturated heterocycles. The Hall–Kier alpha value is -3.02. The quantitative estimate of drug-likeness (QED) is 0.703. The van der Waals surface area contributed by atoms with Crippen molar-refractivity contribution >= 4 is 28.4 Å². The molecule has 0 fully saturated rings. The number of nitrogens with zero attached hydrogens (tertiary/aromatic N) is 3. The van der Waals surface area contributed by atoms with Crippen LogP contribution in [-0.2, 0) is 6.54 Å². The zero-order valence-corrected chi connectivity index (χ0v) is 14.1. The minimum absolute atomic E-state index is 0.651. The summed E-state index contributed by atoms with van der Waals surface area (Å²) in [6, 6.07) is 13.6. The van der Waals surface area contributed by atoms with Gasteiger partial charge in [0.25, 0.3) is 0 Å². The molecule has 0 spiro atoms. The molecule has 0 atom stereocenters. The molecule has 0 amide bonds. The predicted molar refractivity (Wildman–Crippen MR) is 98.6 cm³/mol. The van der Waals surface area contributed by atoms with Crippen molar-refractivity contribution in [3.8, 4) is 5.75 Å². The number of hydrogen-bond donors (Lipinski definition) is 2. The first-order valence-electron chi connectivity index (χ1n) is 7.68. The van der Waals surface area contributed by atoms with Crippen LogP contribution in [0, 0.1) is 0 Å². The Morgan fingerprint density at radius 3 is 2.50 bits per heavy atom. The third-order valence-corrected chi connectivity index (χ3v) is 3.73. The normalized spacial score (nSPS) is 10.6. The molecular formula is C18H21N5O. The van der Waals surface area contributed by atoms with Crippen LogP contribution in [0.3, 0.4) is 0 Å². The minimum Gasteiger partial charge on any atom is -0.497 e. The van der Waals surface area contributed by atoms with Crippen LogP contribution >= 0.6 is 0 Å². The van der Waals surface area contributed by atoms with Crippen molar-refractivity contribution in [2.75, 3.05) is 37.2 Å². The number of hydrogen-bond acceptors (Lipinski definition) is 6. The van der Waals surface area contributed by atoms with E-state index in [0.29, 0.717) is 18.2 Å². The third kappa shape index (κ3) is 3.32. The number of benzene rings is 2. The van der Waals surface area contributed by atoms with E-state index in [9.17, 15) is 0 Å². The molecule has 0 unspecified atom stereocenters. The molecule has 0 aliphatic heterocycles. The van der Waals surface area contributed by atoms with Gasteiger partial charge in [-0.3, -0.25) is 0 Å². The Kier molecular flexibility index (Phi) is 4.37. The maximum atomic E-state index is 5.92. The molecule has 1 aromatic heterocycles. The van der Waals surface area contributed by atoms with Crippen molar-refractivity contribution in [1.29, 1.82) is 0 Å². The molecule has 24 heavy (non-hydrogen) atoms. The van der Waals surface area contributed by atoms with Crippen molar-refractivity contribution in [3.63, 3.8) is 0 Å². The van der Waals surface area contributed by atoms with Crippen molar-refractivity contribution in [2.45, 2.75) is 6.54 Å². The van der Waals surface area contributed by atoms with E-state index in [0.717, 1.165) is 28.0 Å². The lowest BCUT2D eigenvalue weighted by Gasteiger charge is -2.15. The molecule has 1 heterocycles. The Labute approximate surface area is 141 Å².